The number of nitrogens with one attached hydrogen (secondary N) is 1. The predicted molar refractivity (Wildman–Crippen MR) is 157 cm³/mol. The highest BCUT2D eigenvalue weighted by Gasteiger charge is 2.34. The summed E-state index contributed by atoms with van der Waals surface area (Å²) in [7, 11) is -4.17. The quantitative estimate of drug-likeness (QED) is 0.305. The molecule has 3 rings (SSSR count). The third-order valence-electron chi connectivity index (χ3n) is 6.09. The maximum atomic E-state index is 14.0. The molecule has 3 aromatic carbocycles. The Hall–Kier alpha value is -3.07. The number of carbonyl (C=O) groups excluding carboxylic acids is 2. The number of hydrogen-bond acceptors (Lipinski definition) is 4. The molecule has 3 aromatic rings. The Morgan fingerprint density at radius 3 is 2.21 bits per heavy atom. The van der Waals surface area contributed by atoms with Crippen LogP contribution in [0, 0.1) is 6.92 Å². The Morgan fingerprint density at radius 2 is 1.62 bits per heavy atom. The van der Waals surface area contributed by atoms with Gasteiger partial charge < -0.3 is 10.2 Å². The van der Waals surface area contributed by atoms with E-state index in [2.05, 4.69) is 5.32 Å². The van der Waals surface area contributed by atoms with E-state index in [1.165, 1.54) is 29.2 Å². The molecule has 1 atom stereocenters. The predicted octanol–water partition coefficient (Wildman–Crippen LogP) is 5.83. The van der Waals surface area contributed by atoms with E-state index in [0.29, 0.717) is 27.7 Å². The molecule has 10 heteroatoms. The molecule has 1 unspecified atom stereocenters. The van der Waals surface area contributed by atoms with E-state index in [-0.39, 0.29) is 23.4 Å². The molecule has 2 amide bonds. The van der Waals surface area contributed by atoms with Crippen LogP contribution in [0.5, 0.6) is 0 Å². The third-order valence-corrected chi connectivity index (χ3v) is 8.49. The lowest BCUT2D eigenvalue weighted by atomic mass is 10.1. The number of sulfonamides is 1. The topological polar surface area (TPSA) is 86.8 Å². The molecule has 1 N–H and O–H groups in total. The number of carbonyl (C=O) groups is 2. The molecule has 0 fully saturated rings. The minimum absolute atomic E-state index is 0.0107. The number of benzene rings is 3. The van der Waals surface area contributed by atoms with Crippen LogP contribution in [0.2, 0.25) is 10.0 Å². The van der Waals surface area contributed by atoms with E-state index < -0.39 is 28.5 Å². The van der Waals surface area contributed by atoms with Crippen LogP contribution in [-0.2, 0) is 26.2 Å². The van der Waals surface area contributed by atoms with Crippen molar-refractivity contribution < 1.29 is 18.0 Å². The smallest absolute Gasteiger partial charge is 0.264 e. The highest BCUT2D eigenvalue weighted by atomic mass is 35.5. The van der Waals surface area contributed by atoms with E-state index in [1.54, 1.807) is 49.4 Å². The van der Waals surface area contributed by atoms with Crippen molar-refractivity contribution in [3.63, 3.8) is 0 Å². The number of hydrogen-bond donors (Lipinski definition) is 1. The first-order chi connectivity index (χ1) is 18.4. The highest BCUT2D eigenvalue weighted by molar-refractivity contribution is 7.92. The number of nitrogens with zero attached hydrogens (tertiary/aromatic N) is 2. The van der Waals surface area contributed by atoms with Crippen molar-refractivity contribution in [2.24, 2.45) is 0 Å². The molecule has 0 aliphatic rings. The number of amides is 2. The van der Waals surface area contributed by atoms with Crippen LogP contribution in [-0.4, -0.2) is 43.8 Å². The second-order valence-electron chi connectivity index (χ2n) is 9.50. The largest absolute Gasteiger partial charge is 0.352 e. The highest BCUT2D eigenvalue weighted by Crippen LogP contribution is 2.27. The Bertz CT molecular complexity index is 1410. The average molecular weight is 591 g/mol. The van der Waals surface area contributed by atoms with Crippen molar-refractivity contribution in [1.29, 1.82) is 0 Å². The Kier molecular flexibility index (Phi) is 10.4. The first-order valence-electron chi connectivity index (χ1n) is 12.6. The molecule has 0 aliphatic heterocycles. The van der Waals surface area contributed by atoms with Crippen molar-refractivity contribution in [1.82, 2.24) is 10.2 Å². The SMILES string of the molecule is CCC(C(=O)NC(C)C)N(Cc1ccccc1Cl)C(=O)CN(c1cccc(C)c1)S(=O)(=O)c1ccc(Cl)cc1. The van der Waals surface area contributed by atoms with Crippen LogP contribution in [0.15, 0.2) is 77.7 Å². The lowest BCUT2D eigenvalue weighted by Crippen LogP contribution is -2.53. The van der Waals surface area contributed by atoms with Gasteiger partial charge in [-0.1, -0.05) is 60.5 Å². The number of aryl methyl sites for hydroxylation is 1. The van der Waals surface area contributed by atoms with E-state index >= 15 is 0 Å². The second-order valence-corrected chi connectivity index (χ2v) is 12.2. The summed E-state index contributed by atoms with van der Waals surface area (Å²) in [5.41, 5.74) is 1.80. The molecule has 39 heavy (non-hydrogen) atoms. The first kappa shape index (κ1) is 30.5. The molecule has 0 bridgehead atoms. The van der Waals surface area contributed by atoms with Crippen molar-refractivity contribution in [2.45, 2.75) is 57.6 Å². The van der Waals surface area contributed by atoms with Gasteiger partial charge in [0, 0.05) is 22.6 Å². The van der Waals surface area contributed by atoms with Crippen LogP contribution in [0.3, 0.4) is 0 Å². The van der Waals surface area contributed by atoms with Gasteiger partial charge in [0.25, 0.3) is 10.0 Å². The Morgan fingerprint density at radius 1 is 0.949 bits per heavy atom. The summed E-state index contributed by atoms with van der Waals surface area (Å²) in [6.07, 6.45) is 0.323. The van der Waals surface area contributed by atoms with Gasteiger partial charge in [-0.25, -0.2) is 8.42 Å². The molecular weight excluding hydrogens is 557 g/mol. The maximum Gasteiger partial charge on any atom is 0.264 e. The van der Waals surface area contributed by atoms with Gasteiger partial charge in [0.15, 0.2) is 0 Å². The number of anilines is 1. The van der Waals surface area contributed by atoms with Gasteiger partial charge in [0.1, 0.15) is 12.6 Å². The molecule has 0 heterocycles. The molecule has 0 saturated heterocycles. The zero-order valence-electron chi connectivity index (χ0n) is 22.4. The monoisotopic (exact) mass is 589 g/mol. The minimum Gasteiger partial charge on any atom is -0.352 e. The lowest BCUT2D eigenvalue weighted by Gasteiger charge is -2.33. The fourth-order valence-corrected chi connectivity index (χ4v) is 5.88. The summed E-state index contributed by atoms with van der Waals surface area (Å²) < 4.78 is 28.8. The molecular formula is C29H33Cl2N3O4S. The average Bonchev–Trinajstić information content (AvgIpc) is 2.87. The van der Waals surface area contributed by atoms with Crippen LogP contribution >= 0.6 is 23.2 Å². The lowest BCUT2D eigenvalue weighted by molar-refractivity contribution is -0.140. The van der Waals surface area contributed by atoms with Gasteiger partial charge in [-0.15, -0.1) is 0 Å². The second kappa shape index (κ2) is 13.3. The van der Waals surface area contributed by atoms with Gasteiger partial charge in [-0.05, 0) is 80.8 Å². The van der Waals surface area contributed by atoms with Crippen LogP contribution in [0.4, 0.5) is 5.69 Å². The van der Waals surface area contributed by atoms with Gasteiger partial charge >= 0.3 is 0 Å². The van der Waals surface area contributed by atoms with E-state index in [4.69, 9.17) is 23.2 Å². The summed E-state index contributed by atoms with van der Waals surface area (Å²) in [5, 5.41) is 3.71. The summed E-state index contributed by atoms with van der Waals surface area (Å²) in [6, 6.07) is 18.7. The number of rotatable bonds is 11. The van der Waals surface area contributed by atoms with Gasteiger partial charge in [-0.3, -0.25) is 13.9 Å². The summed E-state index contributed by atoms with van der Waals surface area (Å²) in [6.45, 7) is 6.83. The van der Waals surface area contributed by atoms with Gasteiger partial charge in [0.2, 0.25) is 11.8 Å². The fraction of sp³-hybridized carbons (Fsp3) is 0.310. The van der Waals surface area contributed by atoms with Crippen molar-refractivity contribution >= 4 is 50.7 Å². The van der Waals surface area contributed by atoms with E-state index in [0.717, 1.165) is 9.87 Å². The Balaban J connectivity index is 2.08. The summed E-state index contributed by atoms with van der Waals surface area (Å²) >= 11 is 12.4. The zero-order valence-corrected chi connectivity index (χ0v) is 24.7. The molecule has 7 nitrogen and oxygen atoms in total. The van der Waals surface area contributed by atoms with Crippen LogP contribution in [0.25, 0.3) is 0 Å². The molecule has 0 spiro atoms. The molecule has 0 saturated carbocycles. The molecule has 208 valence electrons. The van der Waals surface area contributed by atoms with Crippen molar-refractivity contribution in [3.05, 3.63) is 94.0 Å². The standard InChI is InChI=1S/C29H33Cl2N3O4S/c1-5-27(29(36)32-20(2)3)33(18-22-10-6-7-12-26(22)31)28(35)19-34(24-11-8-9-21(4)17-24)39(37,38)25-15-13-23(30)14-16-25/h6-17,20,27H,5,18-19H2,1-4H3,(H,32,36). The maximum absolute atomic E-state index is 14.0. The zero-order chi connectivity index (χ0) is 28.7. The van der Waals surface area contributed by atoms with Gasteiger partial charge in [0.05, 0.1) is 10.6 Å². The van der Waals surface area contributed by atoms with Crippen LogP contribution < -0.4 is 9.62 Å². The molecule has 0 aliphatic carbocycles. The summed E-state index contributed by atoms with van der Waals surface area (Å²) in [5.74, 6) is -0.865. The first-order valence-corrected chi connectivity index (χ1v) is 14.8. The fourth-order valence-electron chi connectivity index (χ4n) is 4.16. The normalized spacial score (nSPS) is 12.2. The molecule has 0 aromatic heterocycles. The molecule has 0 radical (unpaired) electrons. The van der Waals surface area contributed by atoms with Gasteiger partial charge in [-0.2, -0.15) is 0 Å². The third kappa shape index (κ3) is 7.75. The van der Waals surface area contributed by atoms with E-state index in [9.17, 15) is 18.0 Å². The summed E-state index contributed by atoms with van der Waals surface area (Å²) in [4.78, 5) is 28.6. The van der Waals surface area contributed by atoms with Crippen molar-refractivity contribution in [2.75, 3.05) is 10.8 Å². The van der Waals surface area contributed by atoms with Crippen LogP contribution in [0.1, 0.15) is 38.3 Å². The number of halogens is 2. The van der Waals surface area contributed by atoms with E-state index in [1.807, 2.05) is 26.8 Å². The minimum atomic E-state index is -4.17. The van der Waals surface area contributed by atoms with Crippen molar-refractivity contribution in [3.8, 4) is 0 Å². The Labute approximate surface area is 240 Å².